The molecule has 0 bridgehead atoms. The van der Waals surface area contributed by atoms with Gasteiger partial charge in [0.15, 0.2) is 0 Å². The predicted molar refractivity (Wildman–Crippen MR) is 107 cm³/mol. The number of aromatic carboxylic acids is 3. The molecule has 0 spiro atoms. The molecular formula is C18H13N3NaO6P. The van der Waals surface area contributed by atoms with E-state index >= 15 is 0 Å². The van der Waals surface area contributed by atoms with Gasteiger partial charge >= 0.3 is 47.5 Å². The number of carbonyl (C=O) groups is 3. The van der Waals surface area contributed by atoms with Gasteiger partial charge in [-0.05, 0) is 36.4 Å². The predicted octanol–water partition coefficient (Wildman–Crippen LogP) is 0.0759. The fourth-order valence-electron chi connectivity index (χ4n) is 2.35. The third-order valence-electron chi connectivity index (χ3n) is 3.55. The second kappa shape index (κ2) is 9.67. The van der Waals surface area contributed by atoms with E-state index in [1.165, 1.54) is 36.4 Å². The quantitative estimate of drug-likeness (QED) is 0.371. The van der Waals surface area contributed by atoms with E-state index in [-0.39, 0.29) is 46.6 Å². The fourth-order valence-corrected chi connectivity index (χ4v) is 4.39. The molecule has 11 heteroatoms. The maximum absolute atomic E-state index is 11.3. The van der Waals surface area contributed by atoms with Gasteiger partial charge in [0.05, 0.1) is 16.3 Å². The van der Waals surface area contributed by atoms with Gasteiger partial charge in [0.2, 0.25) is 0 Å². The molecule has 0 aliphatic heterocycles. The molecule has 3 aromatic rings. The molecule has 0 amide bonds. The van der Waals surface area contributed by atoms with E-state index in [2.05, 4.69) is 15.0 Å². The summed E-state index contributed by atoms with van der Waals surface area (Å²) in [6.07, 6.45) is 0. The van der Waals surface area contributed by atoms with Crippen molar-refractivity contribution in [1.29, 1.82) is 0 Å². The molecule has 0 atom stereocenters. The van der Waals surface area contributed by atoms with Gasteiger partial charge in [0.1, 0.15) is 17.1 Å². The van der Waals surface area contributed by atoms with Gasteiger partial charge < -0.3 is 15.3 Å². The molecular weight excluding hydrogens is 408 g/mol. The summed E-state index contributed by atoms with van der Waals surface area (Å²) >= 11 is 0. The van der Waals surface area contributed by atoms with E-state index in [1.807, 2.05) is 0 Å². The summed E-state index contributed by atoms with van der Waals surface area (Å²) in [5.74, 6) is -3.68. The molecule has 29 heavy (non-hydrogen) atoms. The van der Waals surface area contributed by atoms with Crippen molar-refractivity contribution in [3.8, 4) is 0 Å². The average Bonchev–Trinajstić information content (AvgIpc) is 2.69. The van der Waals surface area contributed by atoms with Gasteiger partial charge in [-0.1, -0.05) is 18.2 Å². The van der Waals surface area contributed by atoms with Crippen LogP contribution in [0.4, 0.5) is 0 Å². The molecule has 0 aromatic carbocycles. The summed E-state index contributed by atoms with van der Waals surface area (Å²) < 4.78 is 0. The minimum atomic E-state index is -1.69. The van der Waals surface area contributed by atoms with E-state index in [1.54, 1.807) is 18.2 Å². The molecule has 0 aliphatic rings. The van der Waals surface area contributed by atoms with Gasteiger partial charge in [-0.2, -0.15) is 0 Å². The Balaban J connectivity index is 0.00000300. The van der Waals surface area contributed by atoms with E-state index in [9.17, 15) is 29.7 Å². The molecule has 0 fully saturated rings. The van der Waals surface area contributed by atoms with Crippen LogP contribution in [-0.2, 0) is 0 Å². The van der Waals surface area contributed by atoms with Crippen molar-refractivity contribution in [3.63, 3.8) is 0 Å². The standard InChI is InChI=1S/C18H12N3O6P.Na.H/c22-16(23)10-4-1-7-13(19-10)28(14-8-2-5-11(20-14)17(24)25)15-9-3-6-12(21-15)18(26)27;;/h1-9H,(H,22,23)(H,24,25)(H,26,27);;. The van der Waals surface area contributed by atoms with Crippen LogP contribution in [0.1, 0.15) is 31.5 Å². The van der Waals surface area contributed by atoms with Crippen LogP contribution >= 0.6 is 7.92 Å². The molecule has 3 heterocycles. The number of pyridine rings is 3. The number of aromatic nitrogens is 3. The zero-order chi connectivity index (χ0) is 20.3. The van der Waals surface area contributed by atoms with Crippen molar-refractivity contribution in [2.75, 3.05) is 0 Å². The monoisotopic (exact) mass is 421 g/mol. The number of hydrogen-bond donors (Lipinski definition) is 3. The van der Waals surface area contributed by atoms with Crippen molar-refractivity contribution >= 4 is 71.7 Å². The summed E-state index contributed by atoms with van der Waals surface area (Å²) in [7, 11) is -1.69. The number of carboxylic acid groups (broad SMARTS) is 3. The Kier molecular flexibility index (Phi) is 7.53. The molecule has 0 saturated heterocycles. The van der Waals surface area contributed by atoms with E-state index in [0.717, 1.165) is 0 Å². The van der Waals surface area contributed by atoms with Gasteiger partial charge in [-0.25, -0.2) is 29.3 Å². The Labute approximate surface area is 187 Å². The van der Waals surface area contributed by atoms with Gasteiger partial charge in [0.25, 0.3) is 0 Å². The summed E-state index contributed by atoms with van der Waals surface area (Å²) in [5.41, 5.74) is 0.316. The van der Waals surface area contributed by atoms with Crippen molar-refractivity contribution < 1.29 is 29.7 Å². The first kappa shape index (κ1) is 22.6. The zero-order valence-electron chi connectivity index (χ0n) is 14.1. The zero-order valence-corrected chi connectivity index (χ0v) is 14.9. The first-order chi connectivity index (χ1) is 13.4. The van der Waals surface area contributed by atoms with Crippen molar-refractivity contribution in [2.45, 2.75) is 0 Å². The summed E-state index contributed by atoms with van der Waals surface area (Å²) in [6, 6.07) is 13.2. The molecule has 3 rings (SSSR count). The van der Waals surface area contributed by atoms with E-state index in [4.69, 9.17) is 0 Å². The van der Waals surface area contributed by atoms with E-state index in [0.29, 0.717) is 16.3 Å². The summed E-state index contributed by atoms with van der Waals surface area (Å²) in [4.78, 5) is 46.3. The molecule has 0 radical (unpaired) electrons. The normalized spacial score (nSPS) is 10.2. The van der Waals surface area contributed by atoms with E-state index < -0.39 is 25.8 Å². The maximum atomic E-state index is 11.3. The molecule has 0 unspecified atom stereocenters. The Morgan fingerprint density at radius 1 is 0.586 bits per heavy atom. The van der Waals surface area contributed by atoms with Crippen molar-refractivity contribution in [3.05, 3.63) is 71.7 Å². The van der Waals surface area contributed by atoms with Crippen LogP contribution in [0.3, 0.4) is 0 Å². The topological polar surface area (TPSA) is 151 Å². The molecule has 142 valence electrons. The fraction of sp³-hybridized carbons (Fsp3) is 0. The molecule has 9 nitrogen and oxygen atoms in total. The second-order valence-corrected chi connectivity index (χ2v) is 7.44. The number of rotatable bonds is 6. The Bertz CT molecular complexity index is 958. The summed E-state index contributed by atoms with van der Waals surface area (Å²) in [5, 5.41) is 27.7. The third-order valence-corrected chi connectivity index (χ3v) is 5.67. The van der Waals surface area contributed by atoms with Gasteiger partial charge in [0, 0.05) is 7.92 Å². The van der Waals surface area contributed by atoms with Crippen molar-refractivity contribution in [1.82, 2.24) is 15.0 Å². The second-order valence-electron chi connectivity index (χ2n) is 5.39. The molecule has 3 N–H and O–H groups in total. The number of hydrogen-bond acceptors (Lipinski definition) is 6. The minimum absolute atomic E-state index is 0. The Hall–Kier alpha value is -2.71. The number of carboxylic acids is 3. The van der Waals surface area contributed by atoms with Crippen LogP contribution in [0.15, 0.2) is 54.6 Å². The first-order valence-electron chi connectivity index (χ1n) is 7.78. The summed E-state index contributed by atoms with van der Waals surface area (Å²) in [6.45, 7) is 0. The van der Waals surface area contributed by atoms with Crippen LogP contribution in [0.25, 0.3) is 0 Å². The van der Waals surface area contributed by atoms with Gasteiger partial charge in [-0.3, -0.25) is 0 Å². The third kappa shape index (κ3) is 5.21. The molecule has 0 saturated carbocycles. The van der Waals surface area contributed by atoms with Gasteiger partial charge in [-0.15, -0.1) is 0 Å². The number of nitrogens with zero attached hydrogens (tertiary/aromatic N) is 3. The average molecular weight is 421 g/mol. The van der Waals surface area contributed by atoms with Crippen LogP contribution in [0.2, 0.25) is 0 Å². The van der Waals surface area contributed by atoms with Crippen LogP contribution in [-0.4, -0.2) is 77.7 Å². The molecule has 3 aromatic heterocycles. The first-order valence-corrected chi connectivity index (χ1v) is 9.12. The Morgan fingerprint density at radius 2 is 0.862 bits per heavy atom. The van der Waals surface area contributed by atoms with Crippen LogP contribution < -0.4 is 16.3 Å². The SMILES string of the molecule is O=C(O)c1cccc(P(c2cccc(C(=O)O)n2)c2cccc(C(=O)O)n2)n1.[NaH]. The van der Waals surface area contributed by atoms with Crippen LogP contribution in [0.5, 0.6) is 0 Å². The van der Waals surface area contributed by atoms with Crippen LogP contribution in [0, 0.1) is 0 Å². The Morgan fingerprint density at radius 3 is 1.10 bits per heavy atom. The molecule has 0 aliphatic carbocycles. The van der Waals surface area contributed by atoms with Crippen molar-refractivity contribution in [2.24, 2.45) is 0 Å².